The molecule has 4 nitrogen and oxygen atoms in total. The van der Waals surface area contributed by atoms with Gasteiger partial charge in [-0.25, -0.2) is 0 Å². The number of rotatable bonds is 9. The molecule has 3 rings (SSSR count). The molecular formula is C26H31N3O. The molecule has 1 aromatic heterocycles. The Morgan fingerprint density at radius 1 is 0.967 bits per heavy atom. The van der Waals surface area contributed by atoms with Gasteiger partial charge in [0.25, 0.3) is 0 Å². The van der Waals surface area contributed by atoms with E-state index in [2.05, 4.69) is 72.8 Å². The quantitative estimate of drug-likeness (QED) is 0.478. The van der Waals surface area contributed by atoms with Gasteiger partial charge in [-0.1, -0.05) is 38.1 Å². The number of nitriles is 1. The van der Waals surface area contributed by atoms with E-state index < -0.39 is 0 Å². The molecule has 0 N–H and O–H groups in total. The van der Waals surface area contributed by atoms with Crippen LogP contribution in [0.3, 0.4) is 0 Å². The molecule has 0 amide bonds. The van der Waals surface area contributed by atoms with Gasteiger partial charge in [0.1, 0.15) is 5.75 Å². The first kappa shape index (κ1) is 21.7. The Morgan fingerprint density at radius 3 is 2.47 bits per heavy atom. The Bertz CT molecular complexity index is 999. The average molecular weight is 402 g/mol. The van der Waals surface area contributed by atoms with E-state index in [1.165, 1.54) is 16.8 Å². The fourth-order valence-electron chi connectivity index (χ4n) is 3.66. The van der Waals surface area contributed by atoms with E-state index in [1.54, 1.807) is 7.11 Å². The second kappa shape index (κ2) is 10.1. The van der Waals surface area contributed by atoms with Crippen LogP contribution in [-0.2, 0) is 19.6 Å². The average Bonchev–Trinajstić information content (AvgIpc) is 3.19. The maximum atomic E-state index is 9.24. The van der Waals surface area contributed by atoms with Crippen molar-refractivity contribution in [2.45, 2.75) is 46.4 Å². The van der Waals surface area contributed by atoms with Crippen molar-refractivity contribution >= 4 is 0 Å². The molecule has 0 bridgehead atoms. The van der Waals surface area contributed by atoms with Gasteiger partial charge >= 0.3 is 0 Å². The summed E-state index contributed by atoms with van der Waals surface area (Å²) in [5.74, 6) is 1.42. The van der Waals surface area contributed by atoms with Crippen LogP contribution >= 0.6 is 0 Å². The van der Waals surface area contributed by atoms with Gasteiger partial charge in [-0.2, -0.15) is 5.26 Å². The summed E-state index contributed by atoms with van der Waals surface area (Å²) in [4.78, 5) is 2.50. The van der Waals surface area contributed by atoms with Crippen LogP contribution in [0.15, 0.2) is 66.9 Å². The van der Waals surface area contributed by atoms with Crippen LogP contribution in [0, 0.1) is 17.2 Å². The lowest BCUT2D eigenvalue weighted by molar-refractivity contribution is 0.148. The zero-order valence-electron chi connectivity index (χ0n) is 18.4. The van der Waals surface area contributed by atoms with E-state index in [9.17, 15) is 5.26 Å². The predicted octanol–water partition coefficient (Wildman–Crippen LogP) is 5.46. The van der Waals surface area contributed by atoms with Gasteiger partial charge in [0.15, 0.2) is 0 Å². The van der Waals surface area contributed by atoms with Crippen LogP contribution in [-0.4, -0.2) is 22.6 Å². The Kier molecular flexibility index (Phi) is 7.32. The van der Waals surface area contributed by atoms with Crippen LogP contribution in [0.4, 0.5) is 0 Å². The molecule has 0 fully saturated rings. The van der Waals surface area contributed by atoms with E-state index in [0.29, 0.717) is 17.5 Å². The highest BCUT2D eigenvalue weighted by Crippen LogP contribution is 2.20. The number of aromatic nitrogens is 1. The van der Waals surface area contributed by atoms with E-state index in [4.69, 9.17) is 4.74 Å². The summed E-state index contributed by atoms with van der Waals surface area (Å²) in [6.45, 7) is 9.30. The molecule has 4 heteroatoms. The van der Waals surface area contributed by atoms with E-state index in [0.717, 1.165) is 25.4 Å². The summed E-state index contributed by atoms with van der Waals surface area (Å²) in [7, 11) is 1.70. The van der Waals surface area contributed by atoms with E-state index in [1.807, 2.05) is 30.3 Å². The first-order chi connectivity index (χ1) is 14.5. The fourth-order valence-corrected chi connectivity index (χ4v) is 3.66. The maximum absolute atomic E-state index is 9.24. The number of nitrogens with zero attached hydrogens (tertiary/aromatic N) is 3. The Balaban J connectivity index is 1.81. The molecule has 0 aliphatic carbocycles. The van der Waals surface area contributed by atoms with E-state index in [-0.39, 0.29) is 0 Å². The third kappa shape index (κ3) is 5.52. The van der Waals surface area contributed by atoms with Crippen molar-refractivity contribution < 1.29 is 4.74 Å². The number of benzene rings is 2. The summed E-state index contributed by atoms with van der Waals surface area (Å²) < 4.78 is 7.68. The number of hydrogen-bond donors (Lipinski definition) is 0. The van der Waals surface area contributed by atoms with Gasteiger partial charge in [-0.05, 0) is 60.4 Å². The van der Waals surface area contributed by atoms with Crippen LogP contribution in [0.2, 0.25) is 0 Å². The Labute approximate surface area is 180 Å². The van der Waals surface area contributed by atoms with Crippen molar-refractivity contribution in [3.8, 4) is 11.8 Å². The third-order valence-corrected chi connectivity index (χ3v) is 5.76. The molecule has 0 spiro atoms. The largest absolute Gasteiger partial charge is 0.497 e. The van der Waals surface area contributed by atoms with Crippen LogP contribution in [0.25, 0.3) is 0 Å². The second-order valence-corrected chi connectivity index (χ2v) is 8.18. The molecule has 2 aromatic carbocycles. The maximum Gasteiger partial charge on any atom is 0.119 e. The molecule has 156 valence electrons. The topological polar surface area (TPSA) is 41.2 Å². The molecular weight excluding hydrogens is 370 g/mol. The van der Waals surface area contributed by atoms with Crippen LogP contribution in [0.1, 0.15) is 43.2 Å². The highest BCUT2D eigenvalue weighted by Gasteiger charge is 2.19. The summed E-state index contributed by atoms with van der Waals surface area (Å²) >= 11 is 0. The molecule has 0 saturated carbocycles. The van der Waals surface area contributed by atoms with Gasteiger partial charge in [-0.15, -0.1) is 0 Å². The second-order valence-electron chi connectivity index (χ2n) is 8.18. The minimum atomic E-state index is 0.413. The zero-order valence-corrected chi connectivity index (χ0v) is 18.4. The normalized spacial score (nSPS) is 12.2. The van der Waals surface area contributed by atoms with Gasteiger partial charge in [0.05, 0.1) is 18.7 Å². The van der Waals surface area contributed by atoms with Crippen molar-refractivity contribution in [2.24, 2.45) is 5.92 Å². The van der Waals surface area contributed by atoms with E-state index >= 15 is 0 Å². The fraction of sp³-hybridized carbons (Fsp3) is 0.346. The number of methoxy groups -OCH3 is 1. The smallest absolute Gasteiger partial charge is 0.119 e. The monoisotopic (exact) mass is 401 g/mol. The molecule has 0 aliphatic rings. The van der Waals surface area contributed by atoms with Crippen LogP contribution in [0.5, 0.6) is 5.75 Å². The van der Waals surface area contributed by atoms with Gasteiger partial charge in [0.2, 0.25) is 0 Å². The minimum absolute atomic E-state index is 0.413. The molecule has 0 unspecified atom stereocenters. The van der Waals surface area contributed by atoms with Crippen molar-refractivity contribution in [3.05, 3.63) is 89.2 Å². The van der Waals surface area contributed by atoms with Crippen molar-refractivity contribution in [2.75, 3.05) is 7.11 Å². The lowest BCUT2D eigenvalue weighted by Crippen LogP contribution is -2.36. The molecule has 30 heavy (non-hydrogen) atoms. The first-order valence-corrected chi connectivity index (χ1v) is 10.5. The first-order valence-electron chi connectivity index (χ1n) is 10.5. The molecule has 3 aromatic rings. The summed E-state index contributed by atoms with van der Waals surface area (Å²) in [5, 5.41) is 9.24. The highest BCUT2D eigenvalue weighted by atomic mass is 16.5. The Morgan fingerprint density at radius 2 is 1.73 bits per heavy atom. The molecule has 0 radical (unpaired) electrons. The van der Waals surface area contributed by atoms with Gasteiger partial charge in [-0.3, -0.25) is 4.90 Å². The lowest BCUT2D eigenvalue weighted by Gasteiger charge is -2.32. The molecule has 1 heterocycles. The van der Waals surface area contributed by atoms with Crippen molar-refractivity contribution in [1.82, 2.24) is 9.47 Å². The third-order valence-electron chi connectivity index (χ3n) is 5.76. The number of ether oxygens (including phenoxy) is 1. The lowest BCUT2D eigenvalue weighted by atomic mass is 10.0. The standard InChI is InChI=1S/C26H31N3O/c1-20(2)21(3)29(18-23-9-5-8-22(14-23)16-27)19-25-11-7-13-28(25)17-24-10-6-12-26(15-24)30-4/h5-15,20-21H,17-19H2,1-4H3/t21-/m0/s1. The summed E-state index contributed by atoms with van der Waals surface area (Å²) in [6.07, 6.45) is 2.14. The molecule has 1 atom stereocenters. The van der Waals surface area contributed by atoms with Gasteiger partial charge < -0.3 is 9.30 Å². The molecule has 0 aliphatic heterocycles. The Hall–Kier alpha value is -3.03. The summed E-state index contributed by atoms with van der Waals surface area (Å²) in [6, 6.07) is 23.1. The minimum Gasteiger partial charge on any atom is -0.497 e. The summed E-state index contributed by atoms with van der Waals surface area (Å²) in [5.41, 5.74) is 4.39. The van der Waals surface area contributed by atoms with Crippen molar-refractivity contribution in [1.29, 1.82) is 5.26 Å². The van der Waals surface area contributed by atoms with Crippen molar-refractivity contribution in [3.63, 3.8) is 0 Å². The van der Waals surface area contributed by atoms with Gasteiger partial charge in [0, 0.05) is 37.6 Å². The predicted molar refractivity (Wildman–Crippen MR) is 121 cm³/mol. The number of hydrogen-bond acceptors (Lipinski definition) is 3. The molecule has 0 saturated heterocycles. The SMILES string of the molecule is COc1cccc(Cn2cccc2CN(Cc2cccc(C#N)c2)[C@@H](C)C(C)C)c1. The highest BCUT2D eigenvalue weighted by molar-refractivity contribution is 5.33. The zero-order chi connectivity index (χ0) is 21.5. The van der Waals surface area contributed by atoms with Crippen LogP contribution < -0.4 is 4.74 Å².